The van der Waals surface area contributed by atoms with Gasteiger partial charge in [0.15, 0.2) is 0 Å². The molecule has 0 saturated carbocycles. The van der Waals surface area contributed by atoms with Crippen LogP contribution in [0.5, 0.6) is 5.75 Å². The van der Waals surface area contributed by atoms with Gasteiger partial charge in [0, 0.05) is 30.6 Å². The van der Waals surface area contributed by atoms with Crippen molar-refractivity contribution in [3.8, 4) is 5.75 Å². The highest BCUT2D eigenvalue weighted by atomic mass is 16.5. The Bertz CT molecular complexity index is 542. The molecule has 2 atom stereocenters. The molecule has 1 heterocycles. The second-order valence-electron chi connectivity index (χ2n) is 6.10. The van der Waals surface area contributed by atoms with E-state index in [1.165, 1.54) is 0 Å². The number of ether oxygens (including phenoxy) is 2. The minimum absolute atomic E-state index is 0.0262. The lowest BCUT2D eigenvalue weighted by Gasteiger charge is -2.30. The van der Waals surface area contributed by atoms with Gasteiger partial charge >= 0.3 is 0 Å². The summed E-state index contributed by atoms with van der Waals surface area (Å²) in [6, 6.07) is 3.85. The number of amides is 1. The maximum atomic E-state index is 12.0. The van der Waals surface area contributed by atoms with Crippen molar-refractivity contribution in [2.24, 2.45) is 5.92 Å². The van der Waals surface area contributed by atoms with Crippen molar-refractivity contribution in [3.63, 3.8) is 0 Å². The number of fused-ring (bicyclic) bond motifs is 1. The summed E-state index contributed by atoms with van der Waals surface area (Å²) in [7, 11) is 1.55. The summed E-state index contributed by atoms with van der Waals surface area (Å²) in [5.41, 5.74) is 2.68. The highest BCUT2D eigenvalue weighted by Gasteiger charge is 2.28. The molecule has 2 N–H and O–H groups in total. The minimum atomic E-state index is -0.738. The van der Waals surface area contributed by atoms with Gasteiger partial charge in [-0.15, -0.1) is 0 Å². The molecule has 2 unspecified atom stereocenters. The third-order valence-corrected chi connectivity index (χ3v) is 3.84. The van der Waals surface area contributed by atoms with Gasteiger partial charge in [0.2, 0.25) is 5.91 Å². The lowest BCUT2D eigenvalue weighted by Crippen LogP contribution is -2.35. The zero-order chi connectivity index (χ0) is 16.3. The third-order valence-electron chi connectivity index (χ3n) is 3.84. The van der Waals surface area contributed by atoms with E-state index in [-0.39, 0.29) is 24.5 Å². The quantitative estimate of drug-likeness (QED) is 0.875. The van der Waals surface area contributed by atoms with Gasteiger partial charge in [-0.05, 0) is 13.0 Å². The van der Waals surface area contributed by atoms with Gasteiger partial charge in [-0.1, -0.05) is 25.5 Å². The summed E-state index contributed by atoms with van der Waals surface area (Å²) in [5.74, 6) is 0.642. The zero-order valence-electron chi connectivity index (χ0n) is 13.7. The molecule has 2 rings (SSSR count). The van der Waals surface area contributed by atoms with E-state index >= 15 is 0 Å². The Hall–Kier alpha value is -1.59. The van der Waals surface area contributed by atoms with Gasteiger partial charge in [-0.25, -0.2) is 0 Å². The molecule has 0 aliphatic carbocycles. The number of aryl methyl sites for hydroxylation is 1. The molecule has 122 valence electrons. The molecular weight excluding hydrogens is 282 g/mol. The number of aliphatic hydroxyl groups excluding tert-OH is 1. The van der Waals surface area contributed by atoms with E-state index in [1.807, 2.05) is 32.9 Å². The second kappa shape index (κ2) is 7.11. The summed E-state index contributed by atoms with van der Waals surface area (Å²) in [5, 5.41) is 13.3. The Kier molecular flexibility index (Phi) is 5.42. The predicted octanol–water partition coefficient (Wildman–Crippen LogP) is 2.27. The fourth-order valence-corrected chi connectivity index (χ4v) is 2.67. The van der Waals surface area contributed by atoms with Crippen LogP contribution in [-0.2, 0) is 9.53 Å². The van der Waals surface area contributed by atoms with Crippen molar-refractivity contribution in [1.82, 2.24) is 5.32 Å². The normalized spacial score (nSPS) is 18.5. The molecule has 1 aliphatic heterocycles. The summed E-state index contributed by atoms with van der Waals surface area (Å²) in [6.07, 6.45) is -0.00690. The maximum Gasteiger partial charge on any atom is 0.223 e. The Morgan fingerprint density at radius 1 is 1.50 bits per heavy atom. The van der Waals surface area contributed by atoms with Gasteiger partial charge in [0.05, 0.1) is 19.3 Å². The van der Waals surface area contributed by atoms with Crippen LogP contribution in [0.2, 0.25) is 0 Å². The van der Waals surface area contributed by atoms with Gasteiger partial charge in [-0.2, -0.15) is 0 Å². The first-order chi connectivity index (χ1) is 10.4. The molecule has 0 bridgehead atoms. The molecule has 1 aromatic carbocycles. The molecule has 0 spiro atoms. The number of carbonyl (C=O) groups is 1. The summed E-state index contributed by atoms with van der Waals surface area (Å²) < 4.78 is 10.8. The van der Waals surface area contributed by atoms with Crippen molar-refractivity contribution in [2.45, 2.75) is 39.3 Å². The number of rotatable bonds is 5. The molecule has 0 saturated heterocycles. The fraction of sp³-hybridized carbons (Fsp3) is 0.588. The number of hydrogen-bond donors (Lipinski definition) is 2. The summed E-state index contributed by atoms with van der Waals surface area (Å²) in [4.78, 5) is 12.0. The largest absolute Gasteiger partial charge is 0.493 e. The van der Waals surface area contributed by atoms with Crippen LogP contribution in [0.25, 0.3) is 0 Å². The standard InChI is InChI=1S/C17H25NO4/c1-10(2)17(20)18-14-5-6-22-16-12(14)7-11(3)8-13(16)15(19)9-21-4/h7-8,10,14-15,19H,5-6,9H2,1-4H3,(H,18,20). The Morgan fingerprint density at radius 3 is 2.86 bits per heavy atom. The number of carbonyl (C=O) groups excluding carboxylic acids is 1. The molecule has 0 radical (unpaired) electrons. The number of methoxy groups -OCH3 is 1. The molecule has 5 heteroatoms. The molecule has 1 amide bonds. The van der Waals surface area contributed by atoms with Crippen molar-refractivity contribution in [3.05, 3.63) is 28.8 Å². The van der Waals surface area contributed by atoms with Crippen molar-refractivity contribution >= 4 is 5.91 Å². The number of aliphatic hydroxyl groups is 1. The van der Waals surface area contributed by atoms with Gasteiger partial charge in [0.25, 0.3) is 0 Å². The Morgan fingerprint density at radius 2 is 2.23 bits per heavy atom. The van der Waals surface area contributed by atoms with E-state index < -0.39 is 6.10 Å². The van der Waals surface area contributed by atoms with Crippen LogP contribution < -0.4 is 10.1 Å². The first kappa shape index (κ1) is 16.8. The molecule has 1 aromatic rings. The average molecular weight is 307 g/mol. The van der Waals surface area contributed by atoms with Gasteiger partial charge in [-0.3, -0.25) is 4.79 Å². The van der Waals surface area contributed by atoms with Crippen LogP contribution >= 0.6 is 0 Å². The molecule has 0 aromatic heterocycles. The average Bonchev–Trinajstić information content (AvgIpc) is 2.47. The van der Waals surface area contributed by atoms with Crippen LogP contribution in [-0.4, -0.2) is 31.3 Å². The SMILES string of the molecule is COCC(O)c1cc(C)cc2c1OCCC2NC(=O)C(C)C. The lowest BCUT2D eigenvalue weighted by molar-refractivity contribution is -0.124. The zero-order valence-corrected chi connectivity index (χ0v) is 13.7. The Labute approximate surface area is 131 Å². The molecule has 0 fully saturated rings. The van der Waals surface area contributed by atoms with E-state index in [1.54, 1.807) is 7.11 Å². The van der Waals surface area contributed by atoms with E-state index in [2.05, 4.69) is 5.32 Å². The van der Waals surface area contributed by atoms with Crippen LogP contribution in [0, 0.1) is 12.8 Å². The van der Waals surface area contributed by atoms with E-state index in [9.17, 15) is 9.90 Å². The smallest absolute Gasteiger partial charge is 0.223 e. The molecule has 5 nitrogen and oxygen atoms in total. The first-order valence-corrected chi connectivity index (χ1v) is 7.68. The number of nitrogens with one attached hydrogen (secondary N) is 1. The van der Waals surface area contributed by atoms with Crippen LogP contribution in [0.1, 0.15) is 49.1 Å². The van der Waals surface area contributed by atoms with Gasteiger partial charge < -0.3 is 19.9 Å². The maximum absolute atomic E-state index is 12.0. The van der Waals surface area contributed by atoms with E-state index in [4.69, 9.17) is 9.47 Å². The first-order valence-electron chi connectivity index (χ1n) is 7.68. The van der Waals surface area contributed by atoms with E-state index in [0.29, 0.717) is 12.4 Å². The highest BCUT2D eigenvalue weighted by Crippen LogP contribution is 2.39. The lowest BCUT2D eigenvalue weighted by atomic mass is 9.93. The molecule has 1 aliphatic rings. The van der Waals surface area contributed by atoms with Crippen LogP contribution in [0.3, 0.4) is 0 Å². The molecule has 22 heavy (non-hydrogen) atoms. The Balaban J connectivity index is 2.36. The predicted molar refractivity (Wildman–Crippen MR) is 83.8 cm³/mol. The van der Waals surface area contributed by atoms with Crippen molar-refractivity contribution < 1.29 is 19.4 Å². The van der Waals surface area contributed by atoms with Gasteiger partial charge in [0.1, 0.15) is 11.9 Å². The van der Waals surface area contributed by atoms with Crippen LogP contribution in [0.4, 0.5) is 0 Å². The monoisotopic (exact) mass is 307 g/mol. The highest BCUT2D eigenvalue weighted by molar-refractivity contribution is 5.78. The topological polar surface area (TPSA) is 67.8 Å². The van der Waals surface area contributed by atoms with E-state index in [0.717, 1.165) is 23.1 Å². The summed E-state index contributed by atoms with van der Waals surface area (Å²) in [6.45, 7) is 6.45. The fourth-order valence-electron chi connectivity index (χ4n) is 2.67. The third kappa shape index (κ3) is 3.59. The van der Waals surface area contributed by atoms with Crippen LogP contribution in [0.15, 0.2) is 12.1 Å². The summed E-state index contributed by atoms with van der Waals surface area (Å²) >= 11 is 0. The van der Waals surface area contributed by atoms with Crippen molar-refractivity contribution in [2.75, 3.05) is 20.3 Å². The number of hydrogen-bond acceptors (Lipinski definition) is 4. The van der Waals surface area contributed by atoms with Crippen molar-refractivity contribution in [1.29, 1.82) is 0 Å². The second-order valence-corrected chi connectivity index (χ2v) is 6.10. The molecular formula is C17H25NO4. The minimum Gasteiger partial charge on any atom is -0.493 e. The number of benzene rings is 1.